The average molecular weight is 357 g/mol. The molecule has 0 fully saturated rings. The van der Waals surface area contributed by atoms with Gasteiger partial charge in [-0.25, -0.2) is 18.6 Å². The molecular weight excluding hydrogens is 330 g/mol. The molecule has 1 rings (SSSR count). The van der Waals surface area contributed by atoms with Crippen LogP contribution in [0.2, 0.25) is 0 Å². The number of hydrazine groups is 1. The standard InChI is InChI=1S/C16H27N3O4S/c1-6-11-19(24(5,21)22)14-10-8-7-9-13(14)12-17-18-15(20)23-16(2,3)4/h7-10,17H,6,11-12H2,1-5H3,(H,18,20). The lowest BCUT2D eigenvalue weighted by Crippen LogP contribution is -2.41. The van der Waals surface area contributed by atoms with E-state index in [0.29, 0.717) is 18.7 Å². The van der Waals surface area contributed by atoms with Crippen LogP contribution in [-0.2, 0) is 21.3 Å². The van der Waals surface area contributed by atoms with E-state index < -0.39 is 21.7 Å². The molecule has 136 valence electrons. The first-order chi connectivity index (χ1) is 11.0. The van der Waals surface area contributed by atoms with E-state index in [1.165, 1.54) is 10.6 Å². The van der Waals surface area contributed by atoms with E-state index in [-0.39, 0.29) is 6.54 Å². The normalized spacial score (nSPS) is 11.9. The van der Waals surface area contributed by atoms with E-state index in [2.05, 4.69) is 10.9 Å². The van der Waals surface area contributed by atoms with Crippen LogP contribution in [0.5, 0.6) is 0 Å². The number of amides is 1. The molecule has 8 heteroatoms. The Kier molecular flexibility index (Phi) is 7.04. The minimum atomic E-state index is -3.37. The summed E-state index contributed by atoms with van der Waals surface area (Å²) in [7, 11) is -3.37. The van der Waals surface area contributed by atoms with Gasteiger partial charge in [0.05, 0.1) is 11.9 Å². The summed E-state index contributed by atoms with van der Waals surface area (Å²) in [5.74, 6) is 0. The minimum absolute atomic E-state index is 0.269. The Balaban J connectivity index is 2.82. The van der Waals surface area contributed by atoms with Gasteiger partial charge in [-0.3, -0.25) is 9.73 Å². The second kappa shape index (κ2) is 8.34. The molecule has 0 aliphatic carbocycles. The maximum absolute atomic E-state index is 12.0. The van der Waals surface area contributed by atoms with Crippen molar-refractivity contribution in [3.05, 3.63) is 29.8 Å². The van der Waals surface area contributed by atoms with E-state index in [1.54, 1.807) is 32.9 Å². The van der Waals surface area contributed by atoms with Gasteiger partial charge in [0.2, 0.25) is 10.0 Å². The van der Waals surface area contributed by atoms with E-state index in [4.69, 9.17) is 4.74 Å². The summed E-state index contributed by atoms with van der Waals surface area (Å²) in [4.78, 5) is 11.6. The van der Waals surface area contributed by atoms with Gasteiger partial charge in [-0.15, -0.1) is 0 Å². The van der Waals surface area contributed by atoms with Crippen molar-refractivity contribution < 1.29 is 17.9 Å². The third kappa shape index (κ3) is 6.76. The highest BCUT2D eigenvalue weighted by Gasteiger charge is 2.19. The van der Waals surface area contributed by atoms with Crippen LogP contribution in [-0.4, -0.2) is 32.9 Å². The molecule has 0 radical (unpaired) electrons. The molecule has 1 aromatic carbocycles. The van der Waals surface area contributed by atoms with Crippen LogP contribution in [0.15, 0.2) is 24.3 Å². The van der Waals surface area contributed by atoms with E-state index in [9.17, 15) is 13.2 Å². The molecule has 0 atom stereocenters. The summed E-state index contributed by atoms with van der Waals surface area (Å²) in [5, 5.41) is 0. The Morgan fingerprint density at radius 1 is 1.25 bits per heavy atom. The third-order valence-electron chi connectivity index (χ3n) is 2.96. The summed E-state index contributed by atoms with van der Waals surface area (Å²) >= 11 is 0. The maximum Gasteiger partial charge on any atom is 0.422 e. The number of para-hydroxylation sites is 1. The van der Waals surface area contributed by atoms with Crippen LogP contribution in [0.25, 0.3) is 0 Å². The summed E-state index contributed by atoms with van der Waals surface area (Å²) < 4.78 is 30.6. The van der Waals surface area contributed by atoms with Crippen LogP contribution in [0.3, 0.4) is 0 Å². The lowest BCUT2D eigenvalue weighted by molar-refractivity contribution is 0.0497. The molecule has 0 aromatic heterocycles. The number of hydrogen-bond acceptors (Lipinski definition) is 5. The van der Waals surface area contributed by atoms with Crippen LogP contribution in [0.4, 0.5) is 10.5 Å². The van der Waals surface area contributed by atoms with Gasteiger partial charge in [-0.05, 0) is 38.8 Å². The molecule has 0 bridgehead atoms. The first-order valence-corrected chi connectivity index (χ1v) is 9.67. The number of nitrogens with zero attached hydrogens (tertiary/aromatic N) is 1. The SMILES string of the molecule is CCCN(c1ccccc1CNNC(=O)OC(C)(C)C)S(C)(=O)=O. The summed E-state index contributed by atoms with van der Waals surface area (Å²) in [6.07, 6.45) is 1.30. The van der Waals surface area contributed by atoms with Gasteiger partial charge in [-0.1, -0.05) is 25.1 Å². The molecule has 1 aromatic rings. The molecule has 0 unspecified atom stereocenters. The van der Waals surface area contributed by atoms with Gasteiger partial charge in [0.1, 0.15) is 5.60 Å². The van der Waals surface area contributed by atoms with Crippen molar-refractivity contribution >= 4 is 21.8 Å². The number of anilines is 1. The number of rotatable bonds is 7. The maximum atomic E-state index is 12.0. The molecule has 7 nitrogen and oxygen atoms in total. The van der Waals surface area contributed by atoms with Gasteiger partial charge in [0.15, 0.2) is 0 Å². The smallest absolute Gasteiger partial charge is 0.422 e. The Morgan fingerprint density at radius 2 is 1.88 bits per heavy atom. The predicted octanol–water partition coefficient (Wildman–Crippen LogP) is 2.39. The Hall–Kier alpha value is -1.80. The second-order valence-corrected chi connectivity index (χ2v) is 8.35. The number of carbonyl (C=O) groups is 1. The quantitative estimate of drug-likeness (QED) is 0.732. The average Bonchev–Trinajstić information content (AvgIpc) is 2.42. The van der Waals surface area contributed by atoms with Crippen LogP contribution in [0, 0.1) is 0 Å². The van der Waals surface area contributed by atoms with Crippen LogP contribution < -0.4 is 15.2 Å². The van der Waals surface area contributed by atoms with Crippen molar-refractivity contribution in [1.82, 2.24) is 10.9 Å². The number of benzene rings is 1. The van der Waals surface area contributed by atoms with E-state index in [0.717, 1.165) is 5.56 Å². The van der Waals surface area contributed by atoms with E-state index in [1.807, 2.05) is 19.1 Å². The zero-order chi connectivity index (χ0) is 18.4. The number of ether oxygens (including phenoxy) is 1. The van der Waals surface area contributed by atoms with Crippen molar-refractivity contribution in [2.45, 2.75) is 46.3 Å². The Morgan fingerprint density at radius 3 is 2.42 bits per heavy atom. The van der Waals surface area contributed by atoms with Crippen molar-refractivity contribution in [2.24, 2.45) is 0 Å². The predicted molar refractivity (Wildman–Crippen MR) is 95.1 cm³/mol. The molecule has 1 amide bonds. The topological polar surface area (TPSA) is 87.7 Å². The number of hydrogen-bond donors (Lipinski definition) is 2. The molecule has 0 saturated carbocycles. The largest absolute Gasteiger partial charge is 0.443 e. The van der Waals surface area contributed by atoms with Gasteiger partial charge in [0, 0.05) is 13.1 Å². The molecule has 0 heterocycles. The van der Waals surface area contributed by atoms with E-state index >= 15 is 0 Å². The van der Waals surface area contributed by atoms with Crippen molar-refractivity contribution in [3.63, 3.8) is 0 Å². The highest BCUT2D eigenvalue weighted by Crippen LogP contribution is 2.23. The summed E-state index contributed by atoms with van der Waals surface area (Å²) in [5.41, 5.74) is 5.98. The second-order valence-electron chi connectivity index (χ2n) is 6.44. The zero-order valence-electron chi connectivity index (χ0n) is 14.9. The van der Waals surface area contributed by atoms with Crippen molar-refractivity contribution in [2.75, 3.05) is 17.1 Å². The third-order valence-corrected chi connectivity index (χ3v) is 4.14. The molecule has 0 aliphatic heterocycles. The lowest BCUT2D eigenvalue weighted by atomic mass is 10.2. The van der Waals surface area contributed by atoms with Gasteiger partial charge in [0.25, 0.3) is 0 Å². The fourth-order valence-electron chi connectivity index (χ4n) is 2.09. The molecule has 2 N–H and O–H groups in total. The number of sulfonamides is 1. The fraction of sp³-hybridized carbons (Fsp3) is 0.562. The Bertz CT molecular complexity index is 654. The van der Waals surface area contributed by atoms with Crippen LogP contribution >= 0.6 is 0 Å². The van der Waals surface area contributed by atoms with Crippen molar-refractivity contribution in [1.29, 1.82) is 0 Å². The number of carbonyl (C=O) groups excluding carboxylic acids is 1. The van der Waals surface area contributed by atoms with Gasteiger partial charge >= 0.3 is 6.09 Å². The minimum Gasteiger partial charge on any atom is -0.443 e. The lowest BCUT2D eigenvalue weighted by Gasteiger charge is -2.25. The van der Waals surface area contributed by atoms with Gasteiger partial charge < -0.3 is 4.74 Å². The summed E-state index contributed by atoms with van der Waals surface area (Å²) in [6, 6.07) is 7.17. The molecule has 24 heavy (non-hydrogen) atoms. The molecule has 0 saturated heterocycles. The number of nitrogens with one attached hydrogen (secondary N) is 2. The first-order valence-electron chi connectivity index (χ1n) is 7.82. The first kappa shape index (κ1) is 20.2. The molecule has 0 spiro atoms. The summed E-state index contributed by atoms with van der Waals surface area (Å²) in [6.45, 7) is 7.91. The monoisotopic (exact) mass is 357 g/mol. The fourth-order valence-corrected chi connectivity index (χ4v) is 3.14. The highest BCUT2D eigenvalue weighted by atomic mass is 32.2. The van der Waals surface area contributed by atoms with Crippen LogP contribution in [0.1, 0.15) is 39.7 Å². The zero-order valence-corrected chi connectivity index (χ0v) is 15.7. The highest BCUT2D eigenvalue weighted by molar-refractivity contribution is 7.92. The van der Waals surface area contributed by atoms with Gasteiger partial charge in [-0.2, -0.15) is 0 Å². The molecule has 0 aliphatic rings. The Labute approximate surface area is 144 Å². The molecular formula is C16H27N3O4S. The van der Waals surface area contributed by atoms with Crippen molar-refractivity contribution in [3.8, 4) is 0 Å².